The van der Waals surface area contributed by atoms with E-state index < -0.39 is 29.0 Å². The zero-order chi connectivity index (χ0) is 12.4. The summed E-state index contributed by atoms with van der Waals surface area (Å²) in [6, 6.07) is 1.07. The summed E-state index contributed by atoms with van der Waals surface area (Å²) < 4.78 is 39.1. The maximum atomic E-state index is 13.2. The van der Waals surface area contributed by atoms with Gasteiger partial charge in [0.25, 0.3) is 0 Å². The van der Waals surface area contributed by atoms with Gasteiger partial charge in [0.1, 0.15) is 11.5 Å². The first-order valence-corrected chi connectivity index (χ1v) is 5.24. The summed E-state index contributed by atoms with van der Waals surface area (Å²) in [5, 5.41) is 5.12. The van der Waals surface area contributed by atoms with E-state index in [9.17, 15) is 18.0 Å². The van der Waals surface area contributed by atoms with Crippen LogP contribution in [-0.2, 0) is 4.79 Å². The fourth-order valence-corrected chi connectivity index (χ4v) is 1.77. The number of carbonyl (C=O) groups excluding carboxylic acids is 1. The predicted molar refractivity (Wildman–Crippen MR) is 55.9 cm³/mol. The van der Waals surface area contributed by atoms with Gasteiger partial charge in [0.2, 0.25) is 5.91 Å². The van der Waals surface area contributed by atoms with Crippen LogP contribution < -0.4 is 10.6 Å². The Morgan fingerprint density at radius 2 is 1.94 bits per heavy atom. The molecule has 1 saturated heterocycles. The molecular formula is C11H11F3N2O. The minimum absolute atomic E-state index is 0.307. The van der Waals surface area contributed by atoms with E-state index in [-0.39, 0.29) is 5.92 Å². The van der Waals surface area contributed by atoms with Crippen LogP contribution in [0.2, 0.25) is 0 Å². The van der Waals surface area contributed by atoms with E-state index in [4.69, 9.17) is 0 Å². The van der Waals surface area contributed by atoms with Crippen molar-refractivity contribution >= 4 is 11.6 Å². The van der Waals surface area contributed by atoms with E-state index in [0.29, 0.717) is 31.6 Å². The molecule has 2 rings (SSSR count). The molecule has 1 aliphatic rings. The molecule has 1 atom stereocenters. The van der Waals surface area contributed by atoms with Crippen LogP contribution in [0.25, 0.3) is 0 Å². The van der Waals surface area contributed by atoms with Crippen LogP contribution in [0.3, 0.4) is 0 Å². The molecule has 2 N–H and O–H groups in total. The smallest absolute Gasteiger partial charge is 0.228 e. The van der Waals surface area contributed by atoms with Crippen molar-refractivity contribution in [3.63, 3.8) is 0 Å². The second kappa shape index (κ2) is 4.75. The summed E-state index contributed by atoms with van der Waals surface area (Å²) in [7, 11) is 0. The molecule has 0 aromatic heterocycles. The normalized spacial score (nSPS) is 19.4. The van der Waals surface area contributed by atoms with Gasteiger partial charge in [-0.05, 0) is 13.0 Å². The van der Waals surface area contributed by atoms with E-state index in [0.717, 1.165) is 0 Å². The fraction of sp³-hybridized carbons (Fsp3) is 0.364. The Morgan fingerprint density at radius 1 is 1.29 bits per heavy atom. The molecule has 1 fully saturated rings. The molecule has 1 unspecified atom stereocenters. The van der Waals surface area contributed by atoms with E-state index in [1.807, 2.05) is 0 Å². The molecule has 0 bridgehead atoms. The standard InChI is InChI=1S/C11H11F3N2O/c12-7-3-8(13)10(9(14)4-7)16-11(17)6-1-2-15-5-6/h3-4,6,15H,1-2,5H2,(H,16,17). The first-order chi connectivity index (χ1) is 8.08. The molecule has 1 aliphatic heterocycles. The number of carbonyl (C=O) groups is 1. The number of amides is 1. The molecule has 1 aromatic carbocycles. The lowest BCUT2D eigenvalue weighted by atomic mass is 10.1. The summed E-state index contributed by atoms with van der Waals surface area (Å²) >= 11 is 0. The molecule has 6 heteroatoms. The first-order valence-electron chi connectivity index (χ1n) is 5.24. The van der Waals surface area contributed by atoms with Crippen molar-refractivity contribution in [1.82, 2.24) is 5.32 Å². The van der Waals surface area contributed by atoms with Crippen LogP contribution in [0, 0.1) is 23.4 Å². The highest BCUT2D eigenvalue weighted by Crippen LogP contribution is 2.21. The van der Waals surface area contributed by atoms with Gasteiger partial charge in [0, 0.05) is 18.7 Å². The summed E-state index contributed by atoms with van der Waals surface area (Å²) in [4.78, 5) is 11.6. The highest BCUT2D eigenvalue weighted by Gasteiger charge is 2.24. The van der Waals surface area contributed by atoms with Crippen LogP contribution >= 0.6 is 0 Å². The SMILES string of the molecule is O=C(Nc1c(F)cc(F)cc1F)C1CCNC1. The zero-order valence-corrected chi connectivity index (χ0v) is 8.90. The summed E-state index contributed by atoms with van der Waals surface area (Å²) in [6.07, 6.45) is 0.621. The third-order valence-electron chi connectivity index (χ3n) is 2.69. The van der Waals surface area contributed by atoms with E-state index in [2.05, 4.69) is 10.6 Å². The molecular weight excluding hydrogens is 233 g/mol. The number of rotatable bonds is 2. The Morgan fingerprint density at radius 3 is 2.47 bits per heavy atom. The number of hydrogen-bond donors (Lipinski definition) is 2. The van der Waals surface area contributed by atoms with Gasteiger partial charge in [-0.15, -0.1) is 0 Å². The lowest BCUT2D eigenvalue weighted by Crippen LogP contribution is -2.25. The highest BCUT2D eigenvalue weighted by atomic mass is 19.1. The Labute approximate surface area is 96.0 Å². The van der Waals surface area contributed by atoms with Gasteiger partial charge in [-0.1, -0.05) is 0 Å². The first kappa shape index (κ1) is 11.9. The molecule has 0 aliphatic carbocycles. The number of anilines is 1. The lowest BCUT2D eigenvalue weighted by molar-refractivity contribution is -0.119. The Kier molecular flexibility index (Phi) is 3.33. The van der Waals surface area contributed by atoms with Crippen LogP contribution in [0.5, 0.6) is 0 Å². The van der Waals surface area contributed by atoms with Crippen molar-refractivity contribution in [2.45, 2.75) is 6.42 Å². The van der Waals surface area contributed by atoms with Crippen molar-refractivity contribution in [1.29, 1.82) is 0 Å². The molecule has 92 valence electrons. The number of halogens is 3. The monoisotopic (exact) mass is 244 g/mol. The summed E-state index contributed by atoms with van der Waals surface area (Å²) in [5.41, 5.74) is -0.594. The largest absolute Gasteiger partial charge is 0.321 e. The van der Waals surface area contributed by atoms with Crippen LogP contribution in [0.4, 0.5) is 18.9 Å². The van der Waals surface area contributed by atoms with Gasteiger partial charge in [-0.25, -0.2) is 13.2 Å². The quantitative estimate of drug-likeness (QED) is 0.830. The predicted octanol–water partition coefficient (Wildman–Crippen LogP) is 1.65. The van der Waals surface area contributed by atoms with Crippen molar-refractivity contribution in [3.05, 3.63) is 29.6 Å². The second-order valence-corrected chi connectivity index (χ2v) is 3.92. The average Bonchev–Trinajstić information content (AvgIpc) is 2.76. The number of hydrogen-bond acceptors (Lipinski definition) is 2. The molecule has 0 radical (unpaired) electrons. The van der Waals surface area contributed by atoms with Gasteiger partial charge < -0.3 is 10.6 Å². The third kappa shape index (κ3) is 2.58. The minimum Gasteiger partial charge on any atom is -0.321 e. The Hall–Kier alpha value is -1.56. The van der Waals surface area contributed by atoms with E-state index in [1.54, 1.807) is 0 Å². The van der Waals surface area contributed by atoms with Crippen molar-refractivity contribution in [3.8, 4) is 0 Å². The number of benzene rings is 1. The Bertz CT molecular complexity index is 421. The van der Waals surface area contributed by atoms with E-state index in [1.165, 1.54) is 0 Å². The van der Waals surface area contributed by atoms with Gasteiger partial charge in [0.05, 0.1) is 5.92 Å². The van der Waals surface area contributed by atoms with E-state index >= 15 is 0 Å². The Balaban J connectivity index is 2.15. The van der Waals surface area contributed by atoms with Crippen LogP contribution in [-0.4, -0.2) is 19.0 Å². The highest BCUT2D eigenvalue weighted by molar-refractivity contribution is 5.93. The lowest BCUT2D eigenvalue weighted by Gasteiger charge is -2.11. The molecule has 0 saturated carbocycles. The van der Waals surface area contributed by atoms with Crippen molar-refractivity contribution in [2.75, 3.05) is 18.4 Å². The van der Waals surface area contributed by atoms with Gasteiger partial charge in [0.15, 0.2) is 11.6 Å². The third-order valence-corrected chi connectivity index (χ3v) is 2.69. The molecule has 0 spiro atoms. The second-order valence-electron chi connectivity index (χ2n) is 3.92. The maximum Gasteiger partial charge on any atom is 0.228 e. The fourth-order valence-electron chi connectivity index (χ4n) is 1.77. The van der Waals surface area contributed by atoms with Gasteiger partial charge >= 0.3 is 0 Å². The summed E-state index contributed by atoms with van der Waals surface area (Å²) in [5.74, 6) is -4.00. The molecule has 1 aromatic rings. The number of nitrogens with one attached hydrogen (secondary N) is 2. The maximum absolute atomic E-state index is 13.2. The molecule has 1 heterocycles. The minimum atomic E-state index is -1.11. The van der Waals surface area contributed by atoms with Crippen molar-refractivity contribution in [2.24, 2.45) is 5.92 Å². The average molecular weight is 244 g/mol. The summed E-state index contributed by atoms with van der Waals surface area (Å²) in [6.45, 7) is 1.18. The molecule has 3 nitrogen and oxygen atoms in total. The van der Waals surface area contributed by atoms with Crippen molar-refractivity contribution < 1.29 is 18.0 Å². The molecule has 1 amide bonds. The van der Waals surface area contributed by atoms with Crippen LogP contribution in [0.1, 0.15) is 6.42 Å². The van der Waals surface area contributed by atoms with Gasteiger partial charge in [-0.2, -0.15) is 0 Å². The zero-order valence-electron chi connectivity index (χ0n) is 8.90. The molecule has 17 heavy (non-hydrogen) atoms. The topological polar surface area (TPSA) is 41.1 Å². The van der Waals surface area contributed by atoms with Gasteiger partial charge in [-0.3, -0.25) is 4.79 Å². The van der Waals surface area contributed by atoms with Crippen LogP contribution in [0.15, 0.2) is 12.1 Å².